The Morgan fingerprint density at radius 3 is 1.40 bits per heavy atom. The molecule has 0 aromatic carbocycles. The van der Waals surface area contributed by atoms with Crippen molar-refractivity contribution in [3.8, 4) is 0 Å². The first-order valence-electron chi connectivity index (χ1n) is 0.532. The van der Waals surface area contributed by atoms with Crippen LogP contribution in [0.5, 0.6) is 0 Å². The molecule has 0 spiro atoms. The second-order valence-electron chi connectivity index (χ2n) is 0.231. The van der Waals surface area contributed by atoms with Gasteiger partial charge < -0.3 is 0 Å². The molecule has 3 nitrogen and oxygen atoms in total. The molecule has 0 aromatic heterocycles. The molecule has 0 aliphatic heterocycles. The summed E-state index contributed by atoms with van der Waals surface area (Å²) in [6, 6.07) is 0. The van der Waals surface area contributed by atoms with Crippen LogP contribution in [0.15, 0.2) is 0 Å². The third-order valence-electron chi connectivity index (χ3n) is 0. The largest absolute Gasteiger partial charge is 0 e. The maximum absolute atomic E-state index is 8.76. The molecular formula is H2AlO3Se. The van der Waals surface area contributed by atoms with Gasteiger partial charge in [-0.05, 0) is 0 Å². The van der Waals surface area contributed by atoms with Crippen LogP contribution < -0.4 is 0 Å². The molecule has 0 fully saturated rings. The van der Waals surface area contributed by atoms with Crippen molar-refractivity contribution in [2.45, 2.75) is 0 Å². The smallest absolute Gasteiger partial charge is 0 e. The standard InChI is InChI=1S/Al.H2O3Se/c;1-4(2)3/h;(H2,1,2,3). The first kappa shape index (κ1) is 9.24. The van der Waals surface area contributed by atoms with Gasteiger partial charge in [-0.1, -0.05) is 0 Å². The summed E-state index contributed by atoms with van der Waals surface area (Å²) in [6.07, 6.45) is 0. The summed E-state index contributed by atoms with van der Waals surface area (Å²) >= 11 is -3.29. The van der Waals surface area contributed by atoms with E-state index in [2.05, 4.69) is 0 Å². The summed E-state index contributed by atoms with van der Waals surface area (Å²) in [5.74, 6) is 0. The second kappa shape index (κ2) is 4.77. The SMILES string of the molecule is O=[Se](O)O.[Al]. The minimum absolute atomic E-state index is 0. The molecule has 5 heteroatoms. The zero-order valence-electron chi connectivity index (χ0n) is 2.29. The van der Waals surface area contributed by atoms with E-state index >= 15 is 0 Å². The molecule has 2 N–H and O–H groups in total. The number of hydrogen-bond donors (Lipinski definition) is 2. The van der Waals surface area contributed by atoms with Crippen molar-refractivity contribution < 1.29 is 12.2 Å². The Hall–Kier alpha value is 0.772. The molecule has 5 heavy (non-hydrogen) atoms. The van der Waals surface area contributed by atoms with Crippen LogP contribution >= 0.6 is 0 Å². The molecule has 29 valence electrons. The molecule has 0 amide bonds. The van der Waals surface area contributed by atoms with Crippen molar-refractivity contribution in [2.75, 3.05) is 0 Å². The molecule has 0 saturated heterocycles. The Bertz CT molecular complexity index is 29.9. The Kier molecular flexibility index (Phi) is 8.82. The number of rotatable bonds is 0. The van der Waals surface area contributed by atoms with E-state index in [0.717, 1.165) is 0 Å². The zero-order valence-corrected chi connectivity index (χ0v) is 5.16. The summed E-state index contributed by atoms with van der Waals surface area (Å²) in [4.78, 5) is 0. The summed E-state index contributed by atoms with van der Waals surface area (Å²) in [7, 11) is 0. The summed E-state index contributed by atoms with van der Waals surface area (Å²) < 4.78 is 23.1. The molecule has 0 bridgehead atoms. The van der Waals surface area contributed by atoms with Gasteiger partial charge in [-0.15, -0.1) is 0 Å². The first-order chi connectivity index (χ1) is 1.73. The Morgan fingerprint density at radius 2 is 1.40 bits per heavy atom. The minimum atomic E-state index is -3.29. The average molecular weight is 156 g/mol. The normalized spacial score (nSPS) is 7.00. The van der Waals surface area contributed by atoms with E-state index in [1.165, 1.54) is 0 Å². The fraction of sp³-hybridized carbons (Fsp3) is 0. The second-order valence-corrected chi connectivity index (χ2v) is 1.20. The van der Waals surface area contributed by atoms with Crippen LogP contribution in [0.25, 0.3) is 0 Å². The third kappa shape index (κ3) is 61.5. The molecule has 0 aliphatic rings. The molecule has 0 atom stereocenters. The minimum Gasteiger partial charge on any atom is 0 e. The Morgan fingerprint density at radius 1 is 1.40 bits per heavy atom. The average Bonchev–Trinajstić information content (AvgIpc) is 0.811. The summed E-state index contributed by atoms with van der Waals surface area (Å²) in [5.41, 5.74) is 0. The maximum Gasteiger partial charge on any atom is 0 e. The fourth-order valence-corrected chi connectivity index (χ4v) is 0. The van der Waals surface area contributed by atoms with Crippen LogP contribution in [-0.2, 0) is 3.83 Å². The molecule has 0 rings (SSSR count). The van der Waals surface area contributed by atoms with Gasteiger partial charge in [0.15, 0.2) is 0 Å². The van der Waals surface area contributed by atoms with Crippen molar-refractivity contribution in [1.29, 1.82) is 0 Å². The Balaban J connectivity index is 0. The van der Waals surface area contributed by atoms with Gasteiger partial charge in [-0.3, -0.25) is 0 Å². The van der Waals surface area contributed by atoms with E-state index < -0.39 is 14.5 Å². The predicted octanol–water partition coefficient (Wildman–Crippen LogP) is -1.99. The van der Waals surface area contributed by atoms with Gasteiger partial charge in [0, 0.05) is 17.4 Å². The van der Waals surface area contributed by atoms with E-state index in [-0.39, 0.29) is 17.4 Å². The summed E-state index contributed by atoms with van der Waals surface area (Å²) in [6.45, 7) is 0. The topological polar surface area (TPSA) is 57.5 Å². The van der Waals surface area contributed by atoms with E-state index in [0.29, 0.717) is 0 Å². The van der Waals surface area contributed by atoms with Crippen molar-refractivity contribution in [3.63, 3.8) is 0 Å². The van der Waals surface area contributed by atoms with Gasteiger partial charge in [0.2, 0.25) is 0 Å². The Labute approximate surface area is 44.5 Å². The fourth-order valence-electron chi connectivity index (χ4n) is 0. The van der Waals surface area contributed by atoms with E-state index in [4.69, 9.17) is 12.2 Å². The van der Waals surface area contributed by atoms with Crippen LogP contribution in [0, 0.1) is 0 Å². The monoisotopic (exact) mass is 157 g/mol. The molecular weight excluding hydrogens is 154 g/mol. The quantitative estimate of drug-likeness (QED) is 0.399. The van der Waals surface area contributed by atoms with Crippen molar-refractivity contribution in [2.24, 2.45) is 0 Å². The zero-order chi connectivity index (χ0) is 3.58. The predicted molar refractivity (Wildman–Crippen MR) is 16.6 cm³/mol. The van der Waals surface area contributed by atoms with Gasteiger partial charge in [-0.2, -0.15) is 0 Å². The van der Waals surface area contributed by atoms with E-state index in [9.17, 15) is 0 Å². The third-order valence-corrected chi connectivity index (χ3v) is 0. The molecule has 0 aromatic rings. The molecule has 0 saturated carbocycles. The van der Waals surface area contributed by atoms with Gasteiger partial charge in [0.05, 0.1) is 0 Å². The van der Waals surface area contributed by atoms with Crippen LogP contribution in [-0.4, -0.2) is 40.2 Å². The van der Waals surface area contributed by atoms with Gasteiger partial charge >= 0.3 is 26.7 Å². The van der Waals surface area contributed by atoms with Crippen LogP contribution in [0.3, 0.4) is 0 Å². The molecule has 0 unspecified atom stereocenters. The van der Waals surface area contributed by atoms with Crippen LogP contribution in [0.2, 0.25) is 0 Å². The van der Waals surface area contributed by atoms with Gasteiger partial charge in [0.1, 0.15) is 0 Å². The first-order valence-corrected chi connectivity index (χ1v) is 2.76. The van der Waals surface area contributed by atoms with Crippen LogP contribution in [0.1, 0.15) is 0 Å². The molecule has 3 radical (unpaired) electrons. The number of hydrogen-bond acceptors (Lipinski definition) is 1. The molecule has 0 aliphatic carbocycles. The van der Waals surface area contributed by atoms with Crippen molar-refractivity contribution >= 4 is 31.9 Å². The van der Waals surface area contributed by atoms with Crippen molar-refractivity contribution in [3.05, 3.63) is 0 Å². The molecule has 0 heterocycles. The van der Waals surface area contributed by atoms with Crippen molar-refractivity contribution in [1.82, 2.24) is 0 Å². The maximum atomic E-state index is 8.76. The summed E-state index contributed by atoms with van der Waals surface area (Å²) in [5, 5.41) is 0. The van der Waals surface area contributed by atoms with E-state index in [1.807, 2.05) is 0 Å². The van der Waals surface area contributed by atoms with E-state index in [1.54, 1.807) is 0 Å². The van der Waals surface area contributed by atoms with Gasteiger partial charge in [-0.25, -0.2) is 0 Å². The van der Waals surface area contributed by atoms with Gasteiger partial charge in [0.25, 0.3) is 0 Å². The van der Waals surface area contributed by atoms with Crippen LogP contribution in [0.4, 0.5) is 0 Å².